The van der Waals surface area contributed by atoms with Gasteiger partial charge in [-0.1, -0.05) is 13.8 Å². The van der Waals surface area contributed by atoms with Gasteiger partial charge in [-0.15, -0.1) is 0 Å². The summed E-state index contributed by atoms with van der Waals surface area (Å²) in [6.45, 7) is 6.02. The van der Waals surface area contributed by atoms with Crippen molar-refractivity contribution in [2.24, 2.45) is 11.3 Å². The molecule has 1 spiro atoms. The molecule has 98 valence electrons. The van der Waals surface area contributed by atoms with Gasteiger partial charge in [0.25, 0.3) is 0 Å². The van der Waals surface area contributed by atoms with Crippen LogP contribution in [0.4, 0.5) is 0 Å². The quantitative estimate of drug-likeness (QED) is 0.820. The predicted molar refractivity (Wildman–Crippen MR) is 67.6 cm³/mol. The first kappa shape index (κ1) is 12.9. The second-order valence-corrected chi connectivity index (χ2v) is 6.23. The molecule has 0 aromatic rings. The third kappa shape index (κ3) is 2.65. The number of rotatable bonds is 3. The Morgan fingerprint density at radius 3 is 2.41 bits per heavy atom. The molecule has 1 amide bonds. The van der Waals surface area contributed by atoms with Gasteiger partial charge in [-0.25, -0.2) is 0 Å². The van der Waals surface area contributed by atoms with Crippen LogP contribution in [0.25, 0.3) is 0 Å². The first-order valence-electron chi connectivity index (χ1n) is 6.99. The van der Waals surface area contributed by atoms with E-state index in [1.807, 2.05) is 4.90 Å². The Hall–Kier alpha value is -0.570. The summed E-state index contributed by atoms with van der Waals surface area (Å²) in [5, 5.41) is 9.82. The van der Waals surface area contributed by atoms with Gasteiger partial charge in [-0.05, 0) is 43.4 Å². The van der Waals surface area contributed by atoms with Gasteiger partial charge < -0.3 is 10.0 Å². The lowest BCUT2D eigenvalue weighted by atomic mass is 9.61. The van der Waals surface area contributed by atoms with E-state index in [1.165, 1.54) is 0 Å². The molecule has 0 radical (unpaired) electrons. The van der Waals surface area contributed by atoms with Gasteiger partial charge in [-0.3, -0.25) is 4.79 Å². The summed E-state index contributed by atoms with van der Waals surface area (Å²) < 4.78 is 0. The molecule has 1 saturated carbocycles. The second-order valence-electron chi connectivity index (χ2n) is 6.23. The van der Waals surface area contributed by atoms with Crippen LogP contribution in [-0.2, 0) is 4.79 Å². The molecule has 1 N–H and O–H groups in total. The predicted octanol–water partition coefficient (Wildman–Crippen LogP) is 2.19. The highest BCUT2D eigenvalue weighted by Crippen LogP contribution is 2.49. The molecule has 1 aliphatic heterocycles. The largest absolute Gasteiger partial charge is 0.393 e. The second kappa shape index (κ2) is 4.97. The number of likely N-dealkylation sites (tertiary alicyclic amines) is 1. The van der Waals surface area contributed by atoms with Gasteiger partial charge in [0, 0.05) is 19.5 Å². The average Bonchev–Trinajstić information content (AvgIpc) is 2.34. The molecule has 1 heterocycles. The van der Waals surface area contributed by atoms with Crippen LogP contribution in [0.5, 0.6) is 0 Å². The molecule has 2 fully saturated rings. The Morgan fingerprint density at radius 1 is 1.35 bits per heavy atom. The average molecular weight is 239 g/mol. The van der Waals surface area contributed by atoms with Gasteiger partial charge in [0.2, 0.25) is 5.91 Å². The lowest BCUT2D eigenvalue weighted by Crippen LogP contribution is -2.53. The number of hydrogen-bond acceptors (Lipinski definition) is 2. The normalized spacial score (nSPS) is 27.3. The maximum atomic E-state index is 12.0. The topological polar surface area (TPSA) is 40.5 Å². The summed E-state index contributed by atoms with van der Waals surface area (Å²) in [6, 6.07) is 0. The molecule has 1 saturated heterocycles. The molecule has 3 heteroatoms. The van der Waals surface area contributed by atoms with E-state index in [1.54, 1.807) is 0 Å². The number of carbonyl (C=O) groups is 1. The highest BCUT2D eigenvalue weighted by atomic mass is 16.3. The van der Waals surface area contributed by atoms with E-state index >= 15 is 0 Å². The standard InChI is InChI=1S/C14H25NO2/c1-11(2)3-4-13(17)15-9-7-14(8-10-15)6-5-12(14)16/h11-12,16H,3-10H2,1-2H3. The molecule has 17 heavy (non-hydrogen) atoms. The number of piperidine rings is 1. The molecule has 2 aliphatic rings. The van der Waals surface area contributed by atoms with E-state index in [9.17, 15) is 9.90 Å². The third-order valence-corrected chi connectivity index (χ3v) is 4.67. The molecule has 1 unspecified atom stereocenters. The van der Waals surface area contributed by atoms with Crippen LogP contribution < -0.4 is 0 Å². The van der Waals surface area contributed by atoms with Crippen molar-refractivity contribution < 1.29 is 9.90 Å². The fourth-order valence-electron chi connectivity index (χ4n) is 3.04. The smallest absolute Gasteiger partial charge is 0.222 e. The lowest BCUT2D eigenvalue weighted by molar-refractivity contribution is -0.141. The van der Waals surface area contributed by atoms with Crippen molar-refractivity contribution >= 4 is 5.91 Å². The van der Waals surface area contributed by atoms with E-state index in [0.717, 1.165) is 45.2 Å². The van der Waals surface area contributed by atoms with Crippen molar-refractivity contribution in [3.63, 3.8) is 0 Å². The number of nitrogens with zero attached hydrogens (tertiary/aromatic N) is 1. The van der Waals surface area contributed by atoms with Crippen molar-refractivity contribution in [1.82, 2.24) is 4.90 Å². The van der Waals surface area contributed by atoms with Crippen LogP contribution in [0.3, 0.4) is 0 Å². The SMILES string of the molecule is CC(C)CCC(=O)N1CCC2(CCC2O)CC1. The van der Waals surface area contributed by atoms with Crippen LogP contribution in [0.1, 0.15) is 52.4 Å². The molecule has 0 aromatic carbocycles. The lowest BCUT2D eigenvalue weighted by Gasteiger charge is -2.51. The van der Waals surface area contributed by atoms with Gasteiger partial charge in [0.05, 0.1) is 6.10 Å². The fraction of sp³-hybridized carbons (Fsp3) is 0.929. The third-order valence-electron chi connectivity index (χ3n) is 4.67. The molecular weight excluding hydrogens is 214 g/mol. The Labute approximate surface area is 104 Å². The molecule has 0 bridgehead atoms. The minimum Gasteiger partial charge on any atom is -0.393 e. The minimum absolute atomic E-state index is 0.101. The first-order chi connectivity index (χ1) is 8.03. The van der Waals surface area contributed by atoms with Crippen LogP contribution in [-0.4, -0.2) is 35.1 Å². The van der Waals surface area contributed by atoms with E-state index in [-0.39, 0.29) is 11.5 Å². The van der Waals surface area contributed by atoms with Gasteiger partial charge >= 0.3 is 0 Å². The number of hydrogen-bond donors (Lipinski definition) is 1. The Balaban J connectivity index is 1.77. The molecule has 1 aliphatic carbocycles. The van der Waals surface area contributed by atoms with Crippen LogP contribution in [0, 0.1) is 11.3 Å². The van der Waals surface area contributed by atoms with E-state index < -0.39 is 0 Å². The number of aliphatic hydroxyl groups is 1. The maximum Gasteiger partial charge on any atom is 0.222 e. The summed E-state index contributed by atoms with van der Waals surface area (Å²) in [4.78, 5) is 14.0. The summed E-state index contributed by atoms with van der Waals surface area (Å²) in [5.74, 6) is 0.908. The van der Waals surface area contributed by atoms with E-state index in [0.29, 0.717) is 18.2 Å². The van der Waals surface area contributed by atoms with E-state index in [4.69, 9.17) is 0 Å². The molecule has 2 rings (SSSR count). The van der Waals surface area contributed by atoms with Crippen molar-refractivity contribution in [1.29, 1.82) is 0 Å². The summed E-state index contributed by atoms with van der Waals surface area (Å²) in [7, 11) is 0. The summed E-state index contributed by atoms with van der Waals surface area (Å²) in [5.41, 5.74) is 0.175. The van der Waals surface area contributed by atoms with Crippen LogP contribution in [0.2, 0.25) is 0 Å². The van der Waals surface area contributed by atoms with Gasteiger partial charge in [-0.2, -0.15) is 0 Å². The zero-order chi connectivity index (χ0) is 12.5. The highest BCUT2D eigenvalue weighted by molar-refractivity contribution is 5.76. The number of carbonyl (C=O) groups excluding carboxylic acids is 1. The van der Waals surface area contributed by atoms with Gasteiger partial charge in [0.15, 0.2) is 0 Å². The van der Waals surface area contributed by atoms with Crippen molar-refractivity contribution in [2.45, 2.75) is 58.5 Å². The van der Waals surface area contributed by atoms with Crippen molar-refractivity contribution in [3.8, 4) is 0 Å². The number of aliphatic hydroxyl groups excluding tert-OH is 1. The Kier molecular flexibility index (Phi) is 3.76. The van der Waals surface area contributed by atoms with Gasteiger partial charge in [0.1, 0.15) is 0 Å². The minimum atomic E-state index is -0.101. The summed E-state index contributed by atoms with van der Waals surface area (Å²) in [6.07, 6.45) is 5.69. The van der Waals surface area contributed by atoms with Crippen LogP contribution >= 0.6 is 0 Å². The van der Waals surface area contributed by atoms with E-state index in [2.05, 4.69) is 13.8 Å². The highest BCUT2D eigenvalue weighted by Gasteiger charge is 2.47. The number of amides is 1. The molecule has 0 aromatic heterocycles. The fourth-order valence-corrected chi connectivity index (χ4v) is 3.04. The zero-order valence-electron chi connectivity index (χ0n) is 11.1. The Bertz CT molecular complexity index is 280. The summed E-state index contributed by atoms with van der Waals surface area (Å²) >= 11 is 0. The monoisotopic (exact) mass is 239 g/mol. The molecular formula is C14H25NO2. The maximum absolute atomic E-state index is 12.0. The Morgan fingerprint density at radius 2 is 2.00 bits per heavy atom. The zero-order valence-corrected chi connectivity index (χ0v) is 11.1. The van der Waals surface area contributed by atoms with Crippen LogP contribution in [0.15, 0.2) is 0 Å². The molecule has 1 atom stereocenters. The first-order valence-corrected chi connectivity index (χ1v) is 6.99. The molecule has 3 nitrogen and oxygen atoms in total. The van der Waals surface area contributed by atoms with Crippen molar-refractivity contribution in [2.75, 3.05) is 13.1 Å². The van der Waals surface area contributed by atoms with Crippen molar-refractivity contribution in [3.05, 3.63) is 0 Å².